The number of amides is 2. The lowest BCUT2D eigenvalue weighted by atomic mass is 9.84. The number of piperazine rings is 1. The van der Waals surface area contributed by atoms with Crippen LogP contribution in [-0.4, -0.2) is 29.3 Å². The molecule has 1 fully saturated rings. The fourth-order valence-corrected chi connectivity index (χ4v) is 2.75. The monoisotopic (exact) mass is 328 g/mol. The van der Waals surface area contributed by atoms with Crippen LogP contribution in [0.15, 0.2) is 18.2 Å². The van der Waals surface area contributed by atoms with Crippen LogP contribution in [0.5, 0.6) is 0 Å². The van der Waals surface area contributed by atoms with Gasteiger partial charge in [0, 0.05) is 16.6 Å². The van der Waals surface area contributed by atoms with Crippen molar-refractivity contribution in [2.45, 2.75) is 33.4 Å². The minimum atomic E-state index is -0.523. The zero-order valence-electron chi connectivity index (χ0n) is 12.2. The molecule has 6 heteroatoms. The van der Waals surface area contributed by atoms with E-state index in [1.165, 1.54) is 4.90 Å². The summed E-state index contributed by atoms with van der Waals surface area (Å²) >= 11 is 12.0. The Kier molecular flexibility index (Phi) is 4.49. The second kappa shape index (κ2) is 5.85. The summed E-state index contributed by atoms with van der Waals surface area (Å²) in [7, 11) is 0. The Balaban J connectivity index is 2.22. The van der Waals surface area contributed by atoms with Gasteiger partial charge in [-0.25, -0.2) is 0 Å². The number of nitrogens with zero attached hydrogens (tertiary/aromatic N) is 1. The van der Waals surface area contributed by atoms with E-state index < -0.39 is 6.04 Å². The molecule has 0 bridgehead atoms. The first-order chi connectivity index (χ1) is 9.68. The molecule has 1 N–H and O–H groups in total. The van der Waals surface area contributed by atoms with Crippen LogP contribution in [0.4, 0.5) is 0 Å². The van der Waals surface area contributed by atoms with Crippen molar-refractivity contribution in [1.29, 1.82) is 0 Å². The topological polar surface area (TPSA) is 49.4 Å². The van der Waals surface area contributed by atoms with Gasteiger partial charge in [-0.3, -0.25) is 9.59 Å². The zero-order chi connectivity index (χ0) is 15.8. The van der Waals surface area contributed by atoms with Crippen LogP contribution in [0.2, 0.25) is 10.0 Å². The lowest BCUT2D eigenvalue weighted by Gasteiger charge is -2.39. The molecule has 4 nitrogen and oxygen atoms in total. The van der Waals surface area contributed by atoms with Gasteiger partial charge in [0.1, 0.15) is 6.04 Å². The van der Waals surface area contributed by atoms with Crippen molar-refractivity contribution in [2.24, 2.45) is 5.41 Å². The maximum absolute atomic E-state index is 12.5. The van der Waals surface area contributed by atoms with Gasteiger partial charge in [0.2, 0.25) is 11.8 Å². The normalized spacial score (nSPS) is 19.7. The standard InChI is InChI=1S/C15H18Cl2N2O2/c1-15(2,3)13-14(21)19(8-12(20)18-13)7-9-4-5-10(16)6-11(9)17/h4-6,13H,7-8H2,1-3H3,(H,18,20). The smallest absolute Gasteiger partial charge is 0.246 e. The summed E-state index contributed by atoms with van der Waals surface area (Å²) in [5.74, 6) is -0.243. The third-order valence-corrected chi connectivity index (χ3v) is 4.03. The molecule has 0 aliphatic carbocycles. The molecular formula is C15H18Cl2N2O2. The van der Waals surface area contributed by atoms with Crippen LogP contribution in [0.1, 0.15) is 26.3 Å². The molecule has 1 aromatic carbocycles. The fraction of sp³-hybridized carbons (Fsp3) is 0.467. The highest BCUT2D eigenvalue weighted by Crippen LogP contribution is 2.26. The molecule has 1 aliphatic heterocycles. The van der Waals surface area contributed by atoms with E-state index in [4.69, 9.17) is 23.2 Å². The Hall–Kier alpha value is -1.26. The predicted molar refractivity (Wildman–Crippen MR) is 83.3 cm³/mol. The summed E-state index contributed by atoms with van der Waals surface area (Å²) in [6.07, 6.45) is 0. The zero-order valence-corrected chi connectivity index (χ0v) is 13.8. The van der Waals surface area contributed by atoms with E-state index in [1.54, 1.807) is 18.2 Å². The third kappa shape index (κ3) is 3.69. The summed E-state index contributed by atoms with van der Waals surface area (Å²) in [5, 5.41) is 3.80. The van der Waals surface area contributed by atoms with Crippen LogP contribution < -0.4 is 5.32 Å². The molecule has 0 radical (unpaired) electrons. The van der Waals surface area contributed by atoms with Crippen LogP contribution in [0.3, 0.4) is 0 Å². The summed E-state index contributed by atoms with van der Waals surface area (Å²) in [5.41, 5.74) is 0.437. The maximum atomic E-state index is 12.5. The predicted octanol–water partition coefficient (Wildman–Crippen LogP) is 2.87. The maximum Gasteiger partial charge on any atom is 0.246 e. The van der Waals surface area contributed by atoms with Crippen LogP contribution in [0, 0.1) is 5.41 Å². The van der Waals surface area contributed by atoms with Gasteiger partial charge in [-0.2, -0.15) is 0 Å². The molecule has 1 aliphatic rings. The highest BCUT2D eigenvalue weighted by Gasteiger charge is 2.39. The van der Waals surface area contributed by atoms with Crippen LogP contribution in [0.25, 0.3) is 0 Å². The average molecular weight is 329 g/mol. The first-order valence-electron chi connectivity index (χ1n) is 6.70. The van der Waals surface area contributed by atoms with E-state index in [0.29, 0.717) is 16.6 Å². The molecule has 1 unspecified atom stereocenters. The molecule has 2 rings (SSSR count). The molecule has 114 valence electrons. The van der Waals surface area contributed by atoms with E-state index in [2.05, 4.69) is 5.32 Å². The number of hydrogen-bond donors (Lipinski definition) is 1. The third-order valence-electron chi connectivity index (χ3n) is 3.44. The van der Waals surface area contributed by atoms with Crippen LogP contribution in [-0.2, 0) is 16.1 Å². The molecule has 1 heterocycles. The lowest BCUT2D eigenvalue weighted by molar-refractivity contribution is -0.147. The Bertz CT molecular complexity index is 582. The Morgan fingerprint density at radius 3 is 2.52 bits per heavy atom. The molecule has 21 heavy (non-hydrogen) atoms. The van der Waals surface area contributed by atoms with Gasteiger partial charge in [-0.15, -0.1) is 0 Å². The molecule has 1 aromatic rings. The number of nitrogens with one attached hydrogen (secondary N) is 1. The molecule has 0 saturated carbocycles. The number of hydrogen-bond acceptors (Lipinski definition) is 2. The number of carbonyl (C=O) groups is 2. The number of carbonyl (C=O) groups excluding carboxylic acids is 2. The van der Waals surface area contributed by atoms with Gasteiger partial charge in [-0.05, 0) is 23.1 Å². The summed E-state index contributed by atoms with van der Waals surface area (Å²) in [6.45, 7) is 6.12. The minimum Gasteiger partial charge on any atom is -0.342 e. The van der Waals surface area contributed by atoms with Gasteiger partial charge >= 0.3 is 0 Å². The lowest BCUT2D eigenvalue weighted by Crippen LogP contribution is -2.61. The molecule has 1 saturated heterocycles. The first kappa shape index (κ1) is 16.1. The second-order valence-electron chi connectivity index (χ2n) is 6.30. The molecule has 1 atom stereocenters. The SMILES string of the molecule is CC(C)(C)C1NC(=O)CN(Cc2ccc(Cl)cc2Cl)C1=O. The summed E-state index contributed by atoms with van der Waals surface area (Å²) < 4.78 is 0. The van der Waals surface area contributed by atoms with Gasteiger partial charge in [0.15, 0.2) is 0 Å². The van der Waals surface area contributed by atoms with Crippen molar-refractivity contribution in [3.8, 4) is 0 Å². The summed E-state index contributed by atoms with van der Waals surface area (Å²) in [6, 6.07) is 4.60. The molecule has 0 spiro atoms. The fourth-order valence-electron chi connectivity index (χ4n) is 2.28. The van der Waals surface area contributed by atoms with E-state index >= 15 is 0 Å². The van der Waals surface area contributed by atoms with Gasteiger partial charge in [-0.1, -0.05) is 50.0 Å². The number of benzene rings is 1. The van der Waals surface area contributed by atoms with Crippen molar-refractivity contribution in [3.63, 3.8) is 0 Å². The Labute approximate surface area is 134 Å². The molecular weight excluding hydrogens is 311 g/mol. The molecule has 0 aromatic heterocycles. The van der Waals surface area contributed by atoms with Gasteiger partial charge in [0.25, 0.3) is 0 Å². The Morgan fingerprint density at radius 1 is 1.29 bits per heavy atom. The van der Waals surface area contributed by atoms with Crippen molar-refractivity contribution in [1.82, 2.24) is 10.2 Å². The Morgan fingerprint density at radius 2 is 1.95 bits per heavy atom. The molecule has 2 amide bonds. The highest BCUT2D eigenvalue weighted by atomic mass is 35.5. The minimum absolute atomic E-state index is 0.0460. The average Bonchev–Trinajstić information content (AvgIpc) is 2.35. The van der Waals surface area contributed by atoms with E-state index in [9.17, 15) is 9.59 Å². The van der Waals surface area contributed by atoms with E-state index in [-0.39, 0.29) is 23.8 Å². The van der Waals surface area contributed by atoms with Crippen molar-refractivity contribution < 1.29 is 9.59 Å². The first-order valence-corrected chi connectivity index (χ1v) is 7.46. The largest absolute Gasteiger partial charge is 0.342 e. The van der Waals surface area contributed by atoms with E-state index in [0.717, 1.165) is 5.56 Å². The van der Waals surface area contributed by atoms with Crippen LogP contribution >= 0.6 is 23.2 Å². The van der Waals surface area contributed by atoms with E-state index in [1.807, 2.05) is 20.8 Å². The number of rotatable bonds is 2. The highest BCUT2D eigenvalue weighted by molar-refractivity contribution is 6.35. The van der Waals surface area contributed by atoms with Crippen molar-refractivity contribution in [3.05, 3.63) is 33.8 Å². The quantitative estimate of drug-likeness (QED) is 0.907. The van der Waals surface area contributed by atoms with Crippen molar-refractivity contribution in [2.75, 3.05) is 6.54 Å². The van der Waals surface area contributed by atoms with Crippen molar-refractivity contribution >= 4 is 35.0 Å². The number of halogens is 2. The van der Waals surface area contributed by atoms with Gasteiger partial charge in [0.05, 0.1) is 6.54 Å². The van der Waals surface area contributed by atoms with Gasteiger partial charge < -0.3 is 10.2 Å². The summed E-state index contributed by atoms with van der Waals surface area (Å²) in [4.78, 5) is 25.9. The second-order valence-corrected chi connectivity index (χ2v) is 7.14.